The number of amides is 1. The van der Waals surface area contributed by atoms with E-state index < -0.39 is 0 Å². The first-order chi connectivity index (χ1) is 7.68. The van der Waals surface area contributed by atoms with Gasteiger partial charge in [0.2, 0.25) is 0 Å². The monoisotopic (exact) mass is 239 g/mol. The topological polar surface area (TPSA) is 40.5 Å². The van der Waals surface area contributed by atoms with Crippen molar-refractivity contribution in [2.75, 3.05) is 13.1 Å². The van der Waals surface area contributed by atoms with Gasteiger partial charge in [-0.15, -0.1) is 0 Å². The minimum absolute atomic E-state index is 0.00148. The normalized spacial score (nSPS) is 16.2. The van der Waals surface area contributed by atoms with Gasteiger partial charge < -0.3 is 10.0 Å². The van der Waals surface area contributed by atoms with E-state index in [1.54, 1.807) is 6.07 Å². The number of phenols is 1. The van der Waals surface area contributed by atoms with Crippen LogP contribution in [0.1, 0.15) is 29.6 Å². The van der Waals surface area contributed by atoms with Gasteiger partial charge in [-0.05, 0) is 37.5 Å². The largest absolute Gasteiger partial charge is 0.506 e. The van der Waals surface area contributed by atoms with E-state index >= 15 is 0 Å². The summed E-state index contributed by atoms with van der Waals surface area (Å²) >= 11 is 5.78. The molecular weight excluding hydrogens is 226 g/mol. The van der Waals surface area contributed by atoms with Crippen LogP contribution in [0.15, 0.2) is 18.2 Å². The summed E-state index contributed by atoms with van der Waals surface area (Å²) in [5, 5.41) is 9.50. The predicted molar refractivity (Wildman–Crippen MR) is 62.9 cm³/mol. The fourth-order valence-corrected chi connectivity index (χ4v) is 2.10. The molecule has 1 aromatic carbocycles. The van der Waals surface area contributed by atoms with Crippen molar-refractivity contribution in [2.24, 2.45) is 0 Å². The average Bonchev–Trinajstić information content (AvgIpc) is 2.33. The number of piperidine rings is 1. The van der Waals surface area contributed by atoms with Gasteiger partial charge in [-0.2, -0.15) is 0 Å². The molecule has 1 amide bonds. The summed E-state index contributed by atoms with van der Waals surface area (Å²) in [7, 11) is 0. The van der Waals surface area contributed by atoms with E-state index in [1.807, 2.05) is 4.90 Å². The standard InChI is InChI=1S/C12H14ClNO2/c13-10-8-9(4-5-11(10)15)12(16)14-6-2-1-3-7-14/h4-5,8,15H,1-3,6-7H2. The molecule has 1 aliphatic rings. The Hall–Kier alpha value is -1.22. The number of carbonyl (C=O) groups excluding carboxylic acids is 1. The van der Waals surface area contributed by atoms with Gasteiger partial charge in [0, 0.05) is 18.7 Å². The molecule has 0 aromatic heterocycles. The second-order valence-electron chi connectivity index (χ2n) is 4.02. The molecule has 1 aliphatic heterocycles. The molecule has 0 aliphatic carbocycles. The summed E-state index contributed by atoms with van der Waals surface area (Å²) in [5.74, 6) is 0.0125. The molecule has 1 fully saturated rings. The van der Waals surface area contributed by atoms with Crippen molar-refractivity contribution < 1.29 is 9.90 Å². The second-order valence-corrected chi connectivity index (χ2v) is 4.43. The molecule has 0 saturated carbocycles. The molecule has 0 bridgehead atoms. The van der Waals surface area contributed by atoms with E-state index in [0.717, 1.165) is 25.9 Å². The third-order valence-corrected chi connectivity index (χ3v) is 3.14. The van der Waals surface area contributed by atoms with Gasteiger partial charge in [-0.1, -0.05) is 11.6 Å². The van der Waals surface area contributed by atoms with Crippen molar-refractivity contribution in [1.29, 1.82) is 0 Å². The second kappa shape index (κ2) is 4.74. The third-order valence-electron chi connectivity index (χ3n) is 2.84. The van der Waals surface area contributed by atoms with Gasteiger partial charge in [0.1, 0.15) is 5.75 Å². The molecule has 0 unspecified atom stereocenters. The SMILES string of the molecule is O=C(c1ccc(O)c(Cl)c1)N1CCCCC1. The molecule has 4 heteroatoms. The van der Waals surface area contributed by atoms with Gasteiger partial charge in [0.15, 0.2) is 0 Å². The maximum Gasteiger partial charge on any atom is 0.253 e. The summed E-state index contributed by atoms with van der Waals surface area (Å²) in [6.45, 7) is 1.63. The maximum atomic E-state index is 12.0. The highest BCUT2D eigenvalue weighted by Crippen LogP contribution is 2.24. The zero-order valence-corrected chi connectivity index (χ0v) is 9.70. The fourth-order valence-electron chi connectivity index (χ4n) is 1.92. The van der Waals surface area contributed by atoms with Crippen LogP contribution in [0.25, 0.3) is 0 Å². The van der Waals surface area contributed by atoms with Crippen molar-refractivity contribution in [3.8, 4) is 5.75 Å². The molecule has 2 rings (SSSR count). The fraction of sp³-hybridized carbons (Fsp3) is 0.417. The van der Waals surface area contributed by atoms with E-state index in [0.29, 0.717) is 5.56 Å². The number of hydrogen-bond donors (Lipinski definition) is 1. The molecule has 0 atom stereocenters. The number of aromatic hydroxyl groups is 1. The minimum Gasteiger partial charge on any atom is -0.506 e. The van der Waals surface area contributed by atoms with Gasteiger partial charge in [0.05, 0.1) is 5.02 Å². The zero-order chi connectivity index (χ0) is 11.5. The van der Waals surface area contributed by atoms with Crippen LogP contribution in [0.3, 0.4) is 0 Å². The van der Waals surface area contributed by atoms with E-state index in [9.17, 15) is 9.90 Å². The van der Waals surface area contributed by atoms with Crippen LogP contribution < -0.4 is 0 Å². The summed E-state index contributed by atoms with van der Waals surface area (Å²) in [6, 6.07) is 4.59. The lowest BCUT2D eigenvalue weighted by atomic mass is 10.1. The number of benzene rings is 1. The first kappa shape index (κ1) is 11.3. The van der Waals surface area contributed by atoms with Crippen LogP contribution in [-0.2, 0) is 0 Å². The zero-order valence-electron chi connectivity index (χ0n) is 8.95. The molecule has 3 nitrogen and oxygen atoms in total. The van der Waals surface area contributed by atoms with Crippen LogP contribution in [0.4, 0.5) is 0 Å². The molecule has 1 heterocycles. The van der Waals surface area contributed by atoms with Crippen LogP contribution >= 0.6 is 11.6 Å². The van der Waals surface area contributed by atoms with Crippen LogP contribution in [-0.4, -0.2) is 29.0 Å². The minimum atomic E-state index is 0.00148. The highest BCUT2D eigenvalue weighted by atomic mass is 35.5. The van der Waals surface area contributed by atoms with E-state index in [1.165, 1.54) is 18.6 Å². The Bertz CT molecular complexity index is 400. The van der Waals surface area contributed by atoms with Gasteiger partial charge in [-0.3, -0.25) is 4.79 Å². The number of nitrogens with zero attached hydrogens (tertiary/aromatic N) is 1. The van der Waals surface area contributed by atoms with Crippen molar-refractivity contribution in [1.82, 2.24) is 4.90 Å². The van der Waals surface area contributed by atoms with Crippen LogP contribution in [0.5, 0.6) is 5.75 Å². The van der Waals surface area contributed by atoms with Crippen molar-refractivity contribution in [3.63, 3.8) is 0 Å². The van der Waals surface area contributed by atoms with E-state index in [-0.39, 0.29) is 16.7 Å². The Balaban J connectivity index is 2.16. The first-order valence-electron chi connectivity index (χ1n) is 5.46. The number of hydrogen-bond acceptors (Lipinski definition) is 2. The molecular formula is C12H14ClNO2. The van der Waals surface area contributed by atoms with Crippen LogP contribution in [0, 0.1) is 0 Å². The number of likely N-dealkylation sites (tertiary alicyclic amines) is 1. The summed E-state index contributed by atoms with van der Waals surface area (Å²) in [5.41, 5.74) is 0.546. The molecule has 16 heavy (non-hydrogen) atoms. The highest BCUT2D eigenvalue weighted by Gasteiger charge is 2.18. The van der Waals surface area contributed by atoms with Crippen LogP contribution in [0.2, 0.25) is 5.02 Å². The molecule has 1 N–H and O–H groups in total. The van der Waals surface area contributed by atoms with Gasteiger partial charge in [0.25, 0.3) is 5.91 Å². The van der Waals surface area contributed by atoms with Crippen molar-refractivity contribution >= 4 is 17.5 Å². The number of carbonyl (C=O) groups is 1. The Kier molecular flexibility index (Phi) is 3.34. The lowest BCUT2D eigenvalue weighted by Gasteiger charge is -2.26. The highest BCUT2D eigenvalue weighted by molar-refractivity contribution is 6.32. The summed E-state index contributed by atoms with van der Waals surface area (Å²) in [6.07, 6.45) is 3.33. The average molecular weight is 240 g/mol. The molecule has 0 radical (unpaired) electrons. The Morgan fingerprint density at radius 1 is 1.25 bits per heavy atom. The Morgan fingerprint density at radius 2 is 1.94 bits per heavy atom. The molecule has 86 valence electrons. The first-order valence-corrected chi connectivity index (χ1v) is 5.84. The Labute approximate surface area is 99.6 Å². The molecule has 1 aromatic rings. The van der Waals surface area contributed by atoms with Gasteiger partial charge >= 0.3 is 0 Å². The molecule has 0 spiro atoms. The lowest BCUT2D eigenvalue weighted by Crippen LogP contribution is -2.35. The van der Waals surface area contributed by atoms with Gasteiger partial charge in [-0.25, -0.2) is 0 Å². The number of phenolic OH excluding ortho intramolecular Hbond substituents is 1. The third kappa shape index (κ3) is 2.30. The van der Waals surface area contributed by atoms with Crippen molar-refractivity contribution in [3.05, 3.63) is 28.8 Å². The smallest absolute Gasteiger partial charge is 0.253 e. The number of halogens is 1. The predicted octanol–water partition coefficient (Wildman–Crippen LogP) is 2.67. The van der Waals surface area contributed by atoms with Crippen molar-refractivity contribution in [2.45, 2.75) is 19.3 Å². The summed E-state index contributed by atoms with van der Waals surface area (Å²) < 4.78 is 0. The Morgan fingerprint density at radius 3 is 2.56 bits per heavy atom. The quantitative estimate of drug-likeness (QED) is 0.819. The summed E-state index contributed by atoms with van der Waals surface area (Å²) in [4.78, 5) is 13.9. The van der Waals surface area contributed by atoms with E-state index in [2.05, 4.69) is 0 Å². The molecule has 1 saturated heterocycles. The maximum absolute atomic E-state index is 12.0. The van der Waals surface area contributed by atoms with E-state index in [4.69, 9.17) is 11.6 Å². The number of rotatable bonds is 1. The lowest BCUT2D eigenvalue weighted by molar-refractivity contribution is 0.0724.